The fraction of sp³-hybridized carbons (Fsp3) is 0.947. The number of likely N-dealkylation sites (N-methyl/N-ethyl adjacent to an activating group) is 1. The molecule has 0 aromatic rings. The number of hydrogen-bond donors (Lipinski definition) is 2. The number of hydrogen-bond acceptors (Lipinski definition) is 3. The first kappa shape index (κ1) is 19.5. The summed E-state index contributed by atoms with van der Waals surface area (Å²) in [5.41, 5.74) is 0. The Labute approximate surface area is 149 Å². The minimum atomic E-state index is 0.604. The van der Waals surface area contributed by atoms with E-state index in [4.69, 9.17) is 4.99 Å². The monoisotopic (exact) mass is 337 g/mol. The van der Waals surface area contributed by atoms with E-state index in [0.29, 0.717) is 12.0 Å². The van der Waals surface area contributed by atoms with E-state index in [1.54, 1.807) is 0 Å². The molecule has 140 valence electrons. The standard InChI is InChI=1S/C19H39N5/c1-5-20-19(22-18-8-6-16(2)7-9-18)21-14-17(3)15-24-12-10-23(4)11-13-24/h16-18H,5-15H2,1-4H3,(H2,20,21,22). The van der Waals surface area contributed by atoms with Gasteiger partial charge in [0.05, 0.1) is 0 Å². The molecule has 1 saturated heterocycles. The van der Waals surface area contributed by atoms with Crippen LogP contribution in [0.15, 0.2) is 4.99 Å². The van der Waals surface area contributed by atoms with E-state index in [9.17, 15) is 0 Å². The van der Waals surface area contributed by atoms with Gasteiger partial charge in [-0.1, -0.05) is 13.8 Å². The zero-order chi connectivity index (χ0) is 17.4. The lowest BCUT2D eigenvalue weighted by Crippen LogP contribution is -2.46. The molecule has 1 heterocycles. The Morgan fingerprint density at radius 1 is 1.12 bits per heavy atom. The van der Waals surface area contributed by atoms with Crippen LogP contribution >= 0.6 is 0 Å². The van der Waals surface area contributed by atoms with Gasteiger partial charge in [0.1, 0.15) is 0 Å². The van der Waals surface area contributed by atoms with Crippen LogP contribution in [0.1, 0.15) is 46.5 Å². The molecule has 0 bridgehead atoms. The van der Waals surface area contributed by atoms with Gasteiger partial charge in [0.15, 0.2) is 5.96 Å². The Balaban J connectivity index is 1.74. The molecule has 0 aromatic carbocycles. The smallest absolute Gasteiger partial charge is 0.191 e. The Bertz CT molecular complexity index is 368. The van der Waals surface area contributed by atoms with E-state index in [0.717, 1.165) is 31.5 Å². The second-order valence-corrected chi connectivity index (χ2v) is 8.03. The number of rotatable bonds is 6. The normalized spacial score (nSPS) is 28.6. The maximum Gasteiger partial charge on any atom is 0.191 e. The van der Waals surface area contributed by atoms with Crippen LogP contribution in [0.2, 0.25) is 0 Å². The van der Waals surface area contributed by atoms with Crippen molar-refractivity contribution in [3.8, 4) is 0 Å². The molecule has 5 heteroatoms. The van der Waals surface area contributed by atoms with Crippen LogP contribution in [0.5, 0.6) is 0 Å². The summed E-state index contributed by atoms with van der Waals surface area (Å²) in [6.07, 6.45) is 5.25. The summed E-state index contributed by atoms with van der Waals surface area (Å²) < 4.78 is 0. The molecular formula is C19H39N5. The lowest BCUT2D eigenvalue weighted by atomic mass is 9.87. The maximum absolute atomic E-state index is 4.86. The van der Waals surface area contributed by atoms with Crippen LogP contribution in [-0.4, -0.2) is 74.7 Å². The van der Waals surface area contributed by atoms with Gasteiger partial charge in [0.2, 0.25) is 0 Å². The molecule has 2 N–H and O–H groups in total. The fourth-order valence-corrected chi connectivity index (χ4v) is 3.69. The lowest BCUT2D eigenvalue weighted by molar-refractivity contribution is 0.140. The molecule has 2 aliphatic rings. The highest BCUT2D eigenvalue weighted by Gasteiger charge is 2.19. The highest BCUT2D eigenvalue weighted by Crippen LogP contribution is 2.23. The molecule has 1 atom stereocenters. The lowest BCUT2D eigenvalue weighted by Gasteiger charge is -2.33. The highest BCUT2D eigenvalue weighted by atomic mass is 15.2. The van der Waals surface area contributed by atoms with E-state index in [1.165, 1.54) is 51.9 Å². The van der Waals surface area contributed by atoms with E-state index in [2.05, 4.69) is 48.3 Å². The van der Waals surface area contributed by atoms with Gasteiger partial charge in [-0.2, -0.15) is 0 Å². The minimum absolute atomic E-state index is 0.604. The number of aliphatic imine (C=N–C) groups is 1. The molecule has 2 fully saturated rings. The topological polar surface area (TPSA) is 42.9 Å². The van der Waals surface area contributed by atoms with Crippen LogP contribution in [0.4, 0.5) is 0 Å². The zero-order valence-electron chi connectivity index (χ0n) is 16.4. The van der Waals surface area contributed by atoms with E-state index >= 15 is 0 Å². The van der Waals surface area contributed by atoms with Crippen LogP contribution < -0.4 is 10.6 Å². The third-order valence-corrected chi connectivity index (χ3v) is 5.43. The number of nitrogens with one attached hydrogen (secondary N) is 2. The summed E-state index contributed by atoms with van der Waals surface area (Å²) >= 11 is 0. The van der Waals surface area contributed by atoms with E-state index < -0.39 is 0 Å². The molecule has 24 heavy (non-hydrogen) atoms. The molecule has 0 amide bonds. The molecule has 1 aliphatic carbocycles. The van der Waals surface area contributed by atoms with Crippen LogP contribution in [0.25, 0.3) is 0 Å². The Hall–Kier alpha value is -0.810. The van der Waals surface area contributed by atoms with Crippen molar-refractivity contribution in [3.63, 3.8) is 0 Å². The molecule has 5 nitrogen and oxygen atoms in total. The first-order valence-corrected chi connectivity index (χ1v) is 10.0. The van der Waals surface area contributed by atoms with Gasteiger partial charge in [0.25, 0.3) is 0 Å². The number of piperazine rings is 1. The number of guanidine groups is 1. The quantitative estimate of drug-likeness (QED) is 0.575. The summed E-state index contributed by atoms with van der Waals surface area (Å²) in [5.74, 6) is 2.52. The van der Waals surface area contributed by atoms with Crippen LogP contribution in [0.3, 0.4) is 0 Å². The molecular weight excluding hydrogens is 298 g/mol. The average molecular weight is 338 g/mol. The van der Waals surface area contributed by atoms with Crippen molar-refractivity contribution >= 4 is 5.96 Å². The van der Waals surface area contributed by atoms with Crippen molar-refractivity contribution in [3.05, 3.63) is 0 Å². The SMILES string of the molecule is CCNC(=NCC(C)CN1CCN(C)CC1)NC1CCC(C)CC1. The van der Waals surface area contributed by atoms with Gasteiger partial charge >= 0.3 is 0 Å². The predicted octanol–water partition coefficient (Wildman–Crippen LogP) is 2.00. The molecule has 0 spiro atoms. The Kier molecular flexibility index (Phi) is 8.33. The average Bonchev–Trinajstić information content (AvgIpc) is 2.57. The maximum atomic E-state index is 4.86. The number of nitrogens with zero attached hydrogens (tertiary/aromatic N) is 3. The van der Waals surface area contributed by atoms with E-state index in [1.807, 2.05) is 0 Å². The van der Waals surface area contributed by atoms with Gasteiger partial charge in [-0.25, -0.2) is 0 Å². The molecule has 2 rings (SSSR count). The van der Waals surface area contributed by atoms with Gasteiger partial charge in [0, 0.05) is 51.9 Å². The van der Waals surface area contributed by atoms with Crippen LogP contribution in [0, 0.1) is 11.8 Å². The zero-order valence-corrected chi connectivity index (χ0v) is 16.4. The third kappa shape index (κ3) is 6.98. The van der Waals surface area contributed by atoms with Crippen molar-refractivity contribution in [2.45, 2.75) is 52.5 Å². The second-order valence-electron chi connectivity index (χ2n) is 8.03. The molecule has 0 radical (unpaired) electrons. The van der Waals surface area contributed by atoms with Crippen LogP contribution in [-0.2, 0) is 0 Å². The highest BCUT2D eigenvalue weighted by molar-refractivity contribution is 5.80. The molecule has 1 saturated carbocycles. The van der Waals surface area contributed by atoms with Gasteiger partial charge < -0.3 is 20.4 Å². The third-order valence-electron chi connectivity index (χ3n) is 5.43. The summed E-state index contributed by atoms with van der Waals surface area (Å²) in [6, 6.07) is 0.604. The first-order valence-electron chi connectivity index (χ1n) is 10.0. The van der Waals surface area contributed by atoms with Gasteiger partial charge in [-0.3, -0.25) is 4.99 Å². The predicted molar refractivity (Wildman–Crippen MR) is 104 cm³/mol. The minimum Gasteiger partial charge on any atom is -0.357 e. The van der Waals surface area contributed by atoms with E-state index in [-0.39, 0.29) is 0 Å². The summed E-state index contributed by atoms with van der Waals surface area (Å²) in [6.45, 7) is 14.6. The summed E-state index contributed by atoms with van der Waals surface area (Å²) in [5, 5.41) is 7.09. The van der Waals surface area contributed by atoms with Gasteiger partial charge in [-0.15, -0.1) is 0 Å². The summed E-state index contributed by atoms with van der Waals surface area (Å²) in [7, 11) is 2.21. The van der Waals surface area contributed by atoms with Crippen molar-refractivity contribution in [2.24, 2.45) is 16.8 Å². The fourth-order valence-electron chi connectivity index (χ4n) is 3.69. The van der Waals surface area contributed by atoms with Crippen molar-refractivity contribution < 1.29 is 0 Å². The Morgan fingerprint density at radius 3 is 2.42 bits per heavy atom. The Morgan fingerprint density at radius 2 is 1.79 bits per heavy atom. The first-order chi connectivity index (χ1) is 11.6. The molecule has 1 unspecified atom stereocenters. The summed E-state index contributed by atoms with van der Waals surface area (Å²) in [4.78, 5) is 9.86. The molecule has 0 aromatic heterocycles. The van der Waals surface area contributed by atoms with Crippen molar-refractivity contribution in [1.82, 2.24) is 20.4 Å². The van der Waals surface area contributed by atoms with Crippen molar-refractivity contribution in [2.75, 3.05) is 52.9 Å². The van der Waals surface area contributed by atoms with Crippen molar-refractivity contribution in [1.29, 1.82) is 0 Å². The largest absolute Gasteiger partial charge is 0.357 e. The van der Waals surface area contributed by atoms with Gasteiger partial charge in [-0.05, 0) is 51.5 Å². The molecule has 1 aliphatic heterocycles. The second kappa shape index (κ2) is 10.2.